The molecule has 1 aliphatic rings. The van der Waals surface area contributed by atoms with Crippen molar-refractivity contribution in [2.24, 2.45) is 0 Å². The average Bonchev–Trinajstić information content (AvgIpc) is 2.50. The predicted octanol–water partition coefficient (Wildman–Crippen LogP) is 0.472. The summed E-state index contributed by atoms with van der Waals surface area (Å²) in [5.74, 6) is 0.0856. The Morgan fingerprint density at radius 3 is 3.00 bits per heavy atom. The minimum Gasteiger partial charge on any atom is -0.380 e. The first-order chi connectivity index (χ1) is 5.27. The first kappa shape index (κ1) is 8.81. The third-order valence-corrected chi connectivity index (χ3v) is 2.17. The Balaban J connectivity index is 2.35. The minimum absolute atomic E-state index is 0.00576. The summed E-state index contributed by atoms with van der Waals surface area (Å²) in [6.45, 7) is 1.48. The van der Waals surface area contributed by atoms with Gasteiger partial charge < -0.3 is 9.64 Å². The highest BCUT2D eigenvalue weighted by atomic mass is 35.5. The van der Waals surface area contributed by atoms with Crippen LogP contribution in [-0.2, 0) is 9.53 Å². The molecule has 1 heterocycles. The van der Waals surface area contributed by atoms with E-state index in [4.69, 9.17) is 16.3 Å². The zero-order chi connectivity index (χ0) is 8.27. The lowest BCUT2D eigenvalue weighted by molar-refractivity contribution is -0.127. The number of ether oxygens (including phenoxy) is 1. The highest BCUT2D eigenvalue weighted by Crippen LogP contribution is 2.11. The van der Waals surface area contributed by atoms with Gasteiger partial charge >= 0.3 is 0 Å². The second-order valence-electron chi connectivity index (χ2n) is 2.62. The SMILES string of the molecule is CO[C@H]1CCN(C(=O)CCl)C1. The minimum atomic E-state index is 0.00576. The maximum Gasteiger partial charge on any atom is 0.237 e. The topological polar surface area (TPSA) is 29.5 Å². The molecule has 1 rings (SSSR count). The van der Waals surface area contributed by atoms with E-state index < -0.39 is 0 Å². The summed E-state index contributed by atoms with van der Waals surface area (Å²) in [6, 6.07) is 0. The number of carbonyl (C=O) groups is 1. The van der Waals surface area contributed by atoms with Crippen molar-refractivity contribution >= 4 is 17.5 Å². The molecule has 0 aromatic heterocycles. The summed E-state index contributed by atoms with van der Waals surface area (Å²) in [5.41, 5.74) is 0. The molecule has 1 aliphatic heterocycles. The maximum atomic E-state index is 11.0. The van der Waals surface area contributed by atoms with Crippen LogP contribution in [0.1, 0.15) is 6.42 Å². The van der Waals surface area contributed by atoms with E-state index in [0.717, 1.165) is 13.0 Å². The monoisotopic (exact) mass is 177 g/mol. The molecule has 11 heavy (non-hydrogen) atoms. The van der Waals surface area contributed by atoms with Crippen LogP contribution >= 0.6 is 11.6 Å². The Morgan fingerprint density at radius 1 is 1.82 bits per heavy atom. The molecule has 1 atom stereocenters. The Morgan fingerprint density at radius 2 is 2.55 bits per heavy atom. The van der Waals surface area contributed by atoms with E-state index in [-0.39, 0.29) is 17.9 Å². The largest absolute Gasteiger partial charge is 0.380 e. The number of nitrogens with zero attached hydrogens (tertiary/aromatic N) is 1. The lowest BCUT2D eigenvalue weighted by atomic mass is 10.3. The smallest absolute Gasteiger partial charge is 0.237 e. The molecule has 64 valence electrons. The third-order valence-electron chi connectivity index (χ3n) is 1.95. The van der Waals surface area contributed by atoms with E-state index in [2.05, 4.69) is 0 Å². The Bertz CT molecular complexity index is 151. The van der Waals surface area contributed by atoms with Crippen molar-refractivity contribution in [3.63, 3.8) is 0 Å². The van der Waals surface area contributed by atoms with Crippen LogP contribution in [0.3, 0.4) is 0 Å². The predicted molar refractivity (Wildman–Crippen MR) is 42.7 cm³/mol. The summed E-state index contributed by atoms with van der Waals surface area (Å²) >= 11 is 5.39. The van der Waals surface area contributed by atoms with Gasteiger partial charge in [0.2, 0.25) is 5.91 Å². The van der Waals surface area contributed by atoms with Gasteiger partial charge in [-0.1, -0.05) is 0 Å². The molecule has 0 N–H and O–H groups in total. The standard InChI is InChI=1S/C7H12ClNO2/c1-11-6-2-3-9(5-6)7(10)4-8/h6H,2-5H2,1H3/t6-/m0/s1. The van der Waals surface area contributed by atoms with Gasteiger partial charge in [0.05, 0.1) is 6.10 Å². The normalized spacial score (nSPS) is 24.2. The molecule has 4 heteroatoms. The first-order valence-corrected chi connectivity index (χ1v) is 4.18. The van der Waals surface area contributed by atoms with Crippen LogP contribution in [0.25, 0.3) is 0 Å². The quantitative estimate of drug-likeness (QED) is 0.574. The van der Waals surface area contributed by atoms with E-state index in [0.29, 0.717) is 6.54 Å². The molecule has 3 nitrogen and oxygen atoms in total. The number of likely N-dealkylation sites (tertiary alicyclic amines) is 1. The molecule has 0 saturated carbocycles. The fraction of sp³-hybridized carbons (Fsp3) is 0.857. The van der Waals surface area contributed by atoms with Crippen LogP contribution in [0.4, 0.5) is 0 Å². The molecule has 0 unspecified atom stereocenters. The maximum absolute atomic E-state index is 11.0. The summed E-state index contributed by atoms with van der Waals surface area (Å²) in [5, 5.41) is 0. The van der Waals surface area contributed by atoms with Crippen molar-refractivity contribution in [3.05, 3.63) is 0 Å². The molecule has 0 aliphatic carbocycles. The van der Waals surface area contributed by atoms with Gasteiger partial charge in [-0.25, -0.2) is 0 Å². The molecule has 1 fully saturated rings. The van der Waals surface area contributed by atoms with Gasteiger partial charge in [0.1, 0.15) is 5.88 Å². The number of hydrogen-bond acceptors (Lipinski definition) is 2. The van der Waals surface area contributed by atoms with Crippen molar-refractivity contribution in [2.45, 2.75) is 12.5 Å². The molecule has 1 amide bonds. The Hall–Kier alpha value is -0.280. The van der Waals surface area contributed by atoms with Crippen molar-refractivity contribution in [1.29, 1.82) is 0 Å². The second kappa shape index (κ2) is 3.93. The number of methoxy groups -OCH3 is 1. The number of halogens is 1. The number of hydrogen-bond donors (Lipinski definition) is 0. The van der Waals surface area contributed by atoms with E-state index in [1.165, 1.54) is 0 Å². The molecule has 0 aromatic carbocycles. The van der Waals surface area contributed by atoms with Crippen LogP contribution in [0.5, 0.6) is 0 Å². The first-order valence-electron chi connectivity index (χ1n) is 3.64. The fourth-order valence-corrected chi connectivity index (χ4v) is 1.40. The van der Waals surface area contributed by atoms with Crippen molar-refractivity contribution in [3.8, 4) is 0 Å². The van der Waals surface area contributed by atoms with Crippen LogP contribution in [0.15, 0.2) is 0 Å². The molecule has 0 bridgehead atoms. The highest BCUT2D eigenvalue weighted by molar-refractivity contribution is 6.27. The summed E-state index contributed by atoms with van der Waals surface area (Å²) < 4.78 is 5.10. The Kier molecular flexibility index (Phi) is 3.15. The van der Waals surface area contributed by atoms with Crippen LogP contribution in [0.2, 0.25) is 0 Å². The summed E-state index contributed by atoms with van der Waals surface area (Å²) in [4.78, 5) is 12.8. The second-order valence-corrected chi connectivity index (χ2v) is 2.89. The van der Waals surface area contributed by atoms with E-state index >= 15 is 0 Å². The van der Waals surface area contributed by atoms with Crippen LogP contribution in [0, 0.1) is 0 Å². The van der Waals surface area contributed by atoms with Crippen molar-refractivity contribution in [1.82, 2.24) is 4.90 Å². The number of rotatable bonds is 2. The number of alkyl halides is 1. The van der Waals surface area contributed by atoms with Gasteiger partial charge in [0, 0.05) is 20.2 Å². The lowest BCUT2D eigenvalue weighted by Gasteiger charge is -2.13. The zero-order valence-electron chi connectivity index (χ0n) is 6.55. The average molecular weight is 178 g/mol. The number of amides is 1. The van der Waals surface area contributed by atoms with Gasteiger partial charge in [-0.3, -0.25) is 4.79 Å². The molecular formula is C7H12ClNO2. The molecule has 0 spiro atoms. The van der Waals surface area contributed by atoms with Gasteiger partial charge in [-0.05, 0) is 6.42 Å². The van der Waals surface area contributed by atoms with Crippen LogP contribution in [-0.4, -0.2) is 43.0 Å². The summed E-state index contributed by atoms with van der Waals surface area (Å²) in [6.07, 6.45) is 1.14. The zero-order valence-corrected chi connectivity index (χ0v) is 7.30. The van der Waals surface area contributed by atoms with Crippen molar-refractivity contribution in [2.75, 3.05) is 26.1 Å². The van der Waals surface area contributed by atoms with E-state index in [9.17, 15) is 4.79 Å². The molecule has 0 radical (unpaired) electrons. The van der Waals surface area contributed by atoms with E-state index in [1.54, 1.807) is 12.0 Å². The van der Waals surface area contributed by atoms with Crippen molar-refractivity contribution < 1.29 is 9.53 Å². The Labute approximate surface area is 71.3 Å². The van der Waals surface area contributed by atoms with E-state index in [1.807, 2.05) is 0 Å². The highest BCUT2D eigenvalue weighted by Gasteiger charge is 2.24. The molecule has 1 saturated heterocycles. The van der Waals surface area contributed by atoms with Gasteiger partial charge in [-0.2, -0.15) is 0 Å². The molecular weight excluding hydrogens is 166 g/mol. The van der Waals surface area contributed by atoms with Gasteiger partial charge in [0.15, 0.2) is 0 Å². The van der Waals surface area contributed by atoms with Gasteiger partial charge in [0.25, 0.3) is 0 Å². The van der Waals surface area contributed by atoms with Gasteiger partial charge in [-0.15, -0.1) is 11.6 Å². The number of carbonyl (C=O) groups excluding carboxylic acids is 1. The lowest BCUT2D eigenvalue weighted by Crippen LogP contribution is -2.30. The molecule has 0 aromatic rings. The third kappa shape index (κ3) is 2.07. The van der Waals surface area contributed by atoms with Crippen LogP contribution < -0.4 is 0 Å². The fourth-order valence-electron chi connectivity index (χ4n) is 1.23. The summed E-state index contributed by atoms with van der Waals surface area (Å²) in [7, 11) is 1.67.